The molecular weight excluding hydrogens is 234 g/mol. The maximum Gasteiger partial charge on any atom is 0.211 e. The normalized spacial score (nSPS) is 16.1. The number of fused-ring (bicyclic) bond motifs is 1. The smallest absolute Gasteiger partial charge is 0.211 e. The number of benzene rings is 1. The fourth-order valence-corrected chi connectivity index (χ4v) is 3.75. The minimum Gasteiger partial charge on any atom is -0.212 e. The summed E-state index contributed by atoms with van der Waals surface area (Å²) >= 11 is 0. The number of hydrogen-bond donors (Lipinski definition) is 1. The topological polar surface area (TPSA) is 46.2 Å². The zero-order chi connectivity index (χ0) is 12.3. The molecule has 4 heteroatoms. The van der Waals surface area contributed by atoms with Crippen molar-refractivity contribution >= 4 is 10.0 Å². The Morgan fingerprint density at radius 2 is 1.82 bits per heavy atom. The van der Waals surface area contributed by atoms with E-state index in [1.54, 1.807) is 0 Å². The Hall–Kier alpha value is -0.870. The average molecular weight is 253 g/mol. The van der Waals surface area contributed by atoms with Gasteiger partial charge in [-0.25, -0.2) is 13.1 Å². The lowest BCUT2D eigenvalue weighted by molar-refractivity contribution is 0.553. The van der Waals surface area contributed by atoms with Crippen LogP contribution in [0.4, 0.5) is 0 Å². The van der Waals surface area contributed by atoms with Gasteiger partial charge in [-0.15, -0.1) is 0 Å². The summed E-state index contributed by atoms with van der Waals surface area (Å²) in [6.07, 6.45) is 3.28. The SMILES string of the molecule is CCCCS(=O)(=O)NC1Cc2ccccc2C1. The van der Waals surface area contributed by atoms with E-state index in [0.717, 1.165) is 25.7 Å². The van der Waals surface area contributed by atoms with E-state index < -0.39 is 10.0 Å². The van der Waals surface area contributed by atoms with Gasteiger partial charge in [-0.3, -0.25) is 0 Å². The van der Waals surface area contributed by atoms with Crippen molar-refractivity contribution in [3.63, 3.8) is 0 Å². The van der Waals surface area contributed by atoms with Crippen molar-refractivity contribution in [1.29, 1.82) is 0 Å². The molecule has 0 aliphatic heterocycles. The van der Waals surface area contributed by atoms with Gasteiger partial charge in [0, 0.05) is 6.04 Å². The van der Waals surface area contributed by atoms with Crippen LogP contribution < -0.4 is 4.72 Å². The molecule has 0 heterocycles. The van der Waals surface area contributed by atoms with Crippen molar-refractivity contribution in [2.45, 2.75) is 38.6 Å². The molecule has 94 valence electrons. The van der Waals surface area contributed by atoms with E-state index in [1.165, 1.54) is 11.1 Å². The van der Waals surface area contributed by atoms with E-state index in [0.29, 0.717) is 0 Å². The van der Waals surface area contributed by atoms with Crippen LogP contribution in [-0.2, 0) is 22.9 Å². The predicted octanol–water partition coefficient (Wildman–Crippen LogP) is 1.87. The highest BCUT2D eigenvalue weighted by Gasteiger charge is 2.24. The van der Waals surface area contributed by atoms with Crippen LogP contribution in [0.1, 0.15) is 30.9 Å². The van der Waals surface area contributed by atoms with Crippen LogP contribution >= 0.6 is 0 Å². The maximum absolute atomic E-state index is 11.8. The van der Waals surface area contributed by atoms with Crippen LogP contribution in [-0.4, -0.2) is 20.2 Å². The van der Waals surface area contributed by atoms with Gasteiger partial charge in [0.1, 0.15) is 0 Å². The molecule has 2 rings (SSSR count). The highest BCUT2D eigenvalue weighted by atomic mass is 32.2. The summed E-state index contributed by atoms with van der Waals surface area (Å²) in [5.41, 5.74) is 2.55. The molecule has 0 atom stereocenters. The molecule has 0 spiro atoms. The van der Waals surface area contributed by atoms with E-state index in [4.69, 9.17) is 0 Å². The number of rotatable bonds is 5. The van der Waals surface area contributed by atoms with Crippen molar-refractivity contribution in [1.82, 2.24) is 4.72 Å². The van der Waals surface area contributed by atoms with Crippen molar-refractivity contribution in [2.75, 3.05) is 5.75 Å². The Morgan fingerprint density at radius 3 is 2.35 bits per heavy atom. The summed E-state index contributed by atoms with van der Waals surface area (Å²) < 4.78 is 26.4. The number of unbranched alkanes of at least 4 members (excludes halogenated alkanes) is 1. The first-order valence-corrected chi connectivity index (χ1v) is 7.83. The zero-order valence-electron chi connectivity index (χ0n) is 10.1. The van der Waals surface area contributed by atoms with Crippen molar-refractivity contribution in [2.24, 2.45) is 0 Å². The molecule has 0 radical (unpaired) electrons. The fourth-order valence-electron chi connectivity index (χ4n) is 2.29. The Balaban J connectivity index is 1.96. The molecular formula is C13H19NO2S. The Labute approximate surface area is 103 Å². The lowest BCUT2D eigenvalue weighted by Crippen LogP contribution is -2.36. The first kappa shape index (κ1) is 12.6. The molecule has 3 nitrogen and oxygen atoms in total. The van der Waals surface area contributed by atoms with Gasteiger partial charge in [0.15, 0.2) is 0 Å². The van der Waals surface area contributed by atoms with Crippen molar-refractivity contribution < 1.29 is 8.42 Å². The Morgan fingerprint density at radius 1 is 1.24 bits per heavy atom. The molecule has 0 amide bonds. The number of nitrogens with one attached hydrogen (secondary N) is 1. The van der Waals surface area contributed by atoms with Crippen LogP contribution in [0.3, 0.4) is 0 Å². The molecule has 17 heavy (non-hydrogen) atoms. The molecule has 1 aliphatic rings. The minimum absolute atomic E-state index is 0.0502. The summed E-state index contributed by atoms with van der Waals surface area (Å²) in [5, 5.41) is 0. The summed E-state index contributed by atoms with van der Waals surface area (Å²) in [6.45, 7) is 2.00. The van der Waals surface area contributed by atoms with Crippen LogP contribution in [0.15, 0.2) is 24.3 Å². The van der Waals surface area contributed by atoms with Gasteiger partial charge in [0.05, 0.1) is 5.75 Å². The van der Waals surface area contributed by atoms with Gasteiger partial charge in [-0.2, -0.15) is 0 Å². The van der Waals surface area contributed by atoms with Crippen molar-refractivity contribution in [3.8, 4) is 0 Å². The van der Waals surface area contributed by atoms with Crippen LogP contribution in [0.25, 0.3) is 0 Å². The molecule has 0 saturated carbocycles. The Kier molecular flexibility index (Phi) is 3.84. The molecule has 0 aromatic heterocycles. The molecule has 0 saturated heterocycles. The van der Waals surface area contributed by atoms with Gasteiger partial charge in [-0.05, 0) is 30.4 Å². The fraction of sp³-hybridized carbons (Fsp3) is 0.538. The average Bonchev–Trinajstić information content (AvgIpc) is 2.67. The second-order valence-corrected chi connectivity index (χ2v) is 6.54. The highest BCUT2D eigenvalue weighted by Crippen LogP contribution is 2.22. The van der Waals surface area contributed by atoms with E-state index >= 15 is 0 Å². The number of sulfonamides is 1. The molecule has 1 aromatic carbocycles. The van der Waals surface area contributed by atoms with Crippen LogP contribution in [0, 0.1) is 0 Å². The number of hydrogen-bond acceptors (Lipinski definition) is 2. The lowest BCUT2D eigenvalue weighted by atomic mass is 10.1. The molecule has 1 aliphatic carbocycles. The monoisotopic (exact) mass is 253 g/mol. The first-order chi connectivity index (χ1) is 8.11. The van der Waals surface area contributed by atoms with E-state index in [2.05, 4.69) is 16.9 Å². The third-order valence-electron chi connectivity index (χ3n) is 3.16. The summed E-state index contributed by atoms with van der Waals surface area (Å²) in [7, 11) is -3.09. The third kappa shape index (κ3) is 3.30. The summed E-state index contributed by atoms with van der Waals surface area (Å²) in [5.74, 6) is 0.246. The van der Waals surface area contributed by atoms with Gasteiger partial charge in [-0.1, -0.05) is 37.6 Å². The summed E-state index contributed by atoms with van der Waals surface area (Å²) in [6, 6.07) is 8.22. The van der Waals surface area contributed by atoms with E-state index in [9.17, 15) is 8.42 Å². The van der Waals surface area contributed by atoms with Crippen LogP contribution in [0.5, 0.6) is 0 Å². The molecule has 0 bridgehead atoms. The Bertz CT molecular complexity index is 457. The van der Waals surface area contributed by atoms with Crippen LogP contribution in [0.2, 0.25) is 0 Å². The quantitative estimate of drug-likeness (QED) is 0.871. The van der Waals surface area contributed by atoms with Gasteiger partial charge in [0.2, 0.25) is 10.0 Å². The van der Waals surface area contributed by atoms with Crippen molar-refractivity contribution in [3.05, 3.63) is 35.4 Å². The lowest BCUT2D eigenvalue weighted by Gasteiger charge is -2.12. The minimum atomic E-state index is -3.09. The van der Waals surface area contributed by atoms with E-state index in [-0.39, 0.29) is 11.8 Å². The largest absolute Gasteiger partial charge is 0.212 e. The zero-order valence-corrected chi connectivity index (χ0v) is 11.0. The molecule has 1 aromatic rings. The summed E-state index contributed by atoms with van der Waals surface area (Å²) in [4.78, 5) is 0. The highest BCUT2D eigenvalue weighted by molar-refractivity contribution is 7.89. The molecule has 1 N–H and O–H groups in total. The first-order valence-electron chi connectivity index (χ1n) is 6.17. The standard InChI is InChI=1S/C13H19NO2S/c1-2-3-8-17(15,16)14-13-9-11-6-4-5-7-12(11)10-13/h4-7,13-14H,2-3,8-10H2,1H3. The second-order valence-electron chi connectivity index (χ2n) is 4.66. The third-order valence-corrected chi connectivity index (χ3v) is 4.68. The predicted molar refractivity (Wildman–Crippen MR) is 69.5 cm³/mol. The molecule has 0 fully saturated rings. The van der Waals surface area contributed by atoms with E-state index in [1.807, 2.05) is 19.1 Å². The maximum atomic E-state index is 11.8. The van der Waals surface area contributed by atoms with Gasteiger partial charge >= 0.3 is 0 Å². The second kappa shape index (κ2) is 5.19. The van der Waals surface area contributed by atoms with Gasteiger partial charge in [0.25, 0.3) is 0 Å². The van der Waals surface area contributed by atoms with Gasteiger partial charge < -0.3 is 0 Å². The molecule has 0 unspecified atom stereocenters.